The second-order valence-corrected chi connectivity index (χ2v) is 7.34. The minimum Gasteiger partial charge on any atom is -0.481 e. The summed E-state index contributed by atoms with van der Waals surface area (Å²) in [5.74, 6) is -1.42. The molecule has 0 bridgehead atoms. The van der Waals surface area contributed by atoms with Crippen LogP contribution in [-0.4, -0.2) is 48.2 Å². The molecule has 0 spiro atoms. The normalized spacial score (nSPS) is 17.0. The first kappa shape index (κ1) is 18.4. The highest BCUT2D eigenvalue weighted by Gasteiger charge is 2.53. The molecule has 1 heterocycles. The summed E-state index contributed by atoms with van der Waals surface area (Å²) in [7, 11) is 0. The van der Waals surface area contributed by atoms with Crippen LogP contribution in [0.4, 0.5) is 13.6 Å². The maximum absolute atomic E-state index is 12.7. The van der Waals surface area contributed by atoms with Gasteiger partial charge in [-0.05, 0) is 22.3 Å². The first-order valence-electron chi connectivity index (χ1n) is 9.03. The van der Waals surface area contributed by atoms with Crippen molar-refractivity contribution in [3.05, 3.63) is 59.7 Å². The Hall–Kier alpha value is -2.96. The maximum Gasteiger partial charge on any atom is 0.409 e. The molecule has 5 nitrogen and oxygen atoms in total. The number of amides is 1. The zero-order valence-electron chi connectivity index (χ0n) is 15.0. The largest absolute Gasteiger partial charge is 0.481 e. The summed E-state index contributed by atoms with van der Waals surface area (Å²) in [6, 6.07) is 15.8. The van der Waals surface area contributed by atoms with Crippen LogP contribution in [0.15, 0.2) is 48.5 Å². The average molecular weight is 387 g/mol. The summed E-state index contributed by atoms with van der Waals surface area (Å²) < 4.78 is 30.8. The lowest BCUT2D eigenvalue weighted by Gasteiger charge is -2.46. The van der Waals surface area contributed by atoms with Crippen LogP contribution in [0.1, 0.15) is 23.5 Å². The molecule has 7 heteroatoms. The Balaban J connectivity index is 1.43. The topological polar surface area (TPSA) is 66.8 Å². The first-order chi connectivity index (χ1) is 13.4. The number of carboxylic acid groups (broad SMARTS) is 1. The van der Waals surface area contributed by atoms with Crippen molar-refractivity contribution < 1.29 is 28.2 Å². The second kappa shape index (κ2) is 6.89. The van der Waals surface area contributed by atoms with Crippen LogP contribution in [0.5, 0.6) is 0 Å². The monoisotopic (exact) mass is 387 g/mol. The van der Waals surface area contributed by atoms with E-state index in [9.17, 15) is 23.5 Å². The first-order valence-corrected chi connectivity index (χ1v) is 9.03. The third kappa shape index (κ3) is 3.00. The van der Waals surface area contributed by atoms with Gasteiger partial charge in [-0.15, -0.1) is 0 Å². The van der Waals surface area contributed by atoms with Crippen LogP contribution in [0, 0.1) is 5.41 Å². The van der Waals surface area contributed by atoms with Crippen LogP contribution in [0.3, 0.4) is 0 Å². The summed E-state index contributed by atoms with van der Waals surface area (Å²) in [5, 5.41) is 9.24. The lowest BCUT2D eigenvalue weighted by atomic mass is 9.77. The van der Waals surface area contributed by atoms with Gasteiger partial charge in [0.05, 0.1) is 0 Å². The Morgan fingerprint density at radius 1 is 1.07 bits per heavy atom. The van der Waals surface area contributed by atoms with Gasteiger partial charge in [0.1, 0.15) is 12.0 Å². The van der Waals surface area contributed by atoms with Gasteiger partial charge in [0.2, 0.25) is 6.43 Å². The van der Waals surface area contributed by atoms with Crippen molar-refractivity contribution in [2.24, 2.45) is 5.41 Å². The number of likely N-dealkylation sites (tertiary alicyclic amines) is 1. The Morgan fingerprint density at radius 2 is 1.61 bits per heavy atom. The Morgan fingerprint density at radius 3 is 2.11 bits per heavy atom. The summed E-state index contributed by atoms with van der Waals surface area (Å²) in [6.07, 6.45) is -4.18. The molecule has 0 atom stereocenters. The number of nitrogens with zero attached hydrogens (tertiary/aromatic N) is 1. The van der Waals surface area contributed by atoms with Crippen LogP contribution in [0.25, 0.3) is 11.1 Å². The van der Waals surface area contributed by atoms with Gasteiger partial charge in [-0.1, -0.05) is 48.5 Å². The smallest absolute Gasteiger partial charge is 0.409 e. The number of hydrogen-bond donors (Lipinski definition) is 1. The number of fused-ring (bicyclic) bond motifs is 3. The van der Waals surface area contributed by atoms with Crippen molar-refractivity contribution in [3.63, 3.8) is 0 Å². The molecule has 2 aromatic rings. The van der Waals surface area contributed by atoms with Gasteiger partial charge in [0.15, 0.2) is 0 Å². The molecule has 1 aliphatic heterocycles. The van der Waals surface area contributed by atoms with Crippen molar-refractivity contribution >= 4 is 12.1 Å². The zero-order chi connectivity index (χ0) is 19.9. The third-order valence-corrected chi connectivity index (χ3v) is 5.58. The molecule has 28 heavy (non-hydrogen) atoms. The highest BCUT2D eigenvalue weighted by atomic mass is 19.3. The molecule has 0 radical (unpaired) electrons. The van der Waals surface area contributed by atoms with Crippen molar-refractivity contribution in [3.8, 4) is 11.1 Å². The molecular weight excluding hydrogens is 368 g/mol. The fourth-order valence-corrected chi connectivity index (χ4v) is 4.15. The van der Waals surface area contributed by atoms with Crippen molar-refractivity contribution in [2.45, 2.75) is 18.8 Å². The van der Waals surface area contributed by atoms with E-state index in [2.05, 4.69) is 0 Å². The number of carbonyl (C=O) groups is 2. The van der Waals surface area contributed by atoms with E-state index in [-0.39, 0.29) is 25.6 Å². The van der Waals surface area contributed by atoms with Gasteiger partial charge in [0.25, 0.3) is 0 Å². The lowest BCUT2D eigenvalue weighted by Crippen LogP contribution is -2.62. The number of carboxylic acids is 1. The van der Waals surface area contributed by atoms with E-state index in [0.29, 0.717) is 0 Å². The highest BCUT2D eigenvalue weighted by molar-refractivity contribution is 5.81. The molecule has 0 unspecified atom stereocenters. The number of hydrogen-bond acceptors (Lipinski definition) is 3. The number of ether oxygens (including phenoxy) is 1. The van der Waals surface area contributed by atoms with E-state index in [1.165, 1.54) is 4.90 Å². The lowest BCUT2D eigenvalue weighted by molar-refractivity contribution is -0.163. The Kier molecular flexibility index (Phi) is 4.53. The van der Waals surface area contributed by atoms with E-state index in [1.807, 2.05) is 48.5 Å². The molecule has 2 aromatic carbocycles. The van der Waals surface area contributed by atoms with Gasteiger partial charge in [-0.25, -0.2) is 13.6 Å². The van der Waals surface area contributed by atoms with Gasteiger partial charge in [-0.2, -0.15) is 0 Å². The molecule has 1 aliphatic carbocycles. The second-order valence-electron chi connectivity index (χ2n) is 7.34. The number of rotatable bonds is 5. The number of carbonyl (C=O) groups excluding carboxylic acids is 1. The molecule has 1 N–H and O–H groups in total. The molecule has 4 rings (SSSR count). The van der Waals surface area contributed by atoms with Crippen molar-refractivity contribution in [1.29, 1.82) is 0 Å². The quantitative estimate of drug-likeness (QED) is 0.843. The fraction of sp³-hybridized carbons (Fsp3) is 0.333. The predicted molar refractivity (Wildman–Crippen MR) is 97.3 cm³/mol. The predicted octanol–water partition coefficient (Wildman–Crippen LogP) is 3.98. The summed E-state index contributed by atoms with van der Waals surface area (Å²) in [5.41, 5.74) is 2.75. The number of benzene rings is 2. The molecule has 146 valence electrons. The minimum atomic E-state index is -2.74. The number of aliphatic carboxylic acids is 1. The average Bonchev–Trinajstić information content (AvgIpc) is 2.96. The summed E-state index contributed by atoms with van der Waals surface area (Å²) in [4.78, 5) is 24.8. The minimum absolute atomic E-state index is 0.108. The van der Waals surface area contributed by atoms with Gasteiger partial charge in [0, 0.05) is 25.4 Å². The maximum atomic E-state index is 12.7. The fourth-order valence-electron chi connectivity index (χ4n) is 4.15. The molecule has 1 saturated heterocycles. The van der Waals surface area contributed by atoms with Crippen LogP contribution < -0.4 is 0 Å². The molecule has 1 amide bonds. The number of alkyl halides is 2. The van der Waals surface area contributed by atoms with E-state index >= 15 is 0 Å². The van der Waals surface area contributed by atoms with E-state index in [4.69, 9.17) is 4.74 Å². The molecule has 2 aliphatic rings. The van der Waals surface area contributed by atoms with Crippen molar-refractivity contribution in [1.82, 2.24) is 4.90 Å². The molecule has 1 fully saturated rings. The van der Waals surface area contributed by atoms with E-state index in [1.54, 1.807) is 0 Å². The third-order valence-electron chi connectivity index (χ3n) is 5.58. The van der Waals surface area contributed by atoms with Crippen molar-refractivity contribution in [2.75, 3.05) is 19.7 Å². The Labute approximate surface area is 160 Å². The molecule has 0 aromatic heterocycles. The summed E-state index contributed by atoms with van der Waals surface area (Å²) >= 11 is 0. The van der Waals surface area contributed by atoms with Gasteiger partial charge < -0.3 is 14.7 Å². The standard InChI is InChI=1S/C21H19F2NO4/c22-18(23)9-21(19(25)26)11-24(12-21)20(27)28-10-17-15-7-3-1-5-13(15)14-6-2-4-8-16(14)17/h1-8,17-18H,9-12H2,(H,25,26). The van der Waals surface area contributed by atoms with Crippen LogP contribution >= 0.6 is 0 Å². The Bertz CT molecular complexity index is 879. The molecular formula is C21H19F2NO4. The van der Waals surface area contributed by atoms with Crippen LogP contribution in [0.2, 0.25) is 0 Å². The van der Waals surface area contributed by atoms with E-state index < -0.39 is 30.3 Å². The van der Waals surface area contributed by atoms with Gasteiger partial charge in [-0.3, -0.25) is 4.79 Å². The van der Waals surface area contributed by atoms with E-state index in [0.717, 1.165) is 22.3 Å². The number of halogens is 2. The zero-order valence-corrected chi connectivity index (χ0v) is 15.0. The van der Waals surface area contributed by atoms with Crippen LogP contribution in [-0.2, 0) is 9.53 Å². The highest BCUT2D eigenvalue weighted by Crippen LogP contribution is 2.45. The molecule has 0 saturated carbocycles. The van der Waals surface area contributed by atoms with Gasteiger partial charge >= 0.3 is 12.1 Å². The summed E-state index contributed by atoms with van der Waals surface area (Å²) in [6.45, 7) is -0.412. The SMILES string of the molecule is O=C(OCC1c2ccccc2-c2ccccc21)N1CC(CC(F)F)(C(=O)O)C1.